The Morgan fingerprint density at radius 2 is 1.92 bits per heavy atom. The van der Waals surface area contributed by atoms with Gasteiger partial charge in [0.2, 0.25) is 5.91 Å². The van der Waals surface area contributed by atoms with Crippen molar-refractivity contribution in [2.24, 2.45) is 0 Å². The molecule has 9 heteroatoms. The van der Waals surface area contributed by atoms with Crippen LogP contribution >= 0.6 is 24.0 Å². The van der Waals surface area contributed by atoms with Crippen molar-refractivity contribution in [3.05, 3.63) is 34.6 Å². The Hall–Kier alpha value is -1.41. The van der Waals surface area contributed by atoms with Crippen molar-refractivity contribution >= 4 is 35.8 Å². The van der Waals surface area contributed by atoms with Crippen LogP contribution in [0.15, 0.2) is 18.2 Å². The quantitative estimate of drug-likeness (QED) is 0.828. The second-order valence-electron chi connectivity index (χ2n) is 6.23. The number of hydrogen-bond acceptors (Lipinski definition) is 4. The highest BCUT2D eigenvalue weighted by Crippen LogP contribution is 2.17. The first-order chi connectivity index (χ1) is 12.0. The van der Waals surface area contributed by atoms with Gasteiger partial charge in [0.05, 0.1) is 18.8 Å². The molecule has 0 aliphatic carbocycles. The van der Waals surface area contributed by atoms with Crippen LogP contribution in [0.3, 0.4) is 0 Å². The van der Waals surface area contributed by atoms with E-state index in [0.29, 0.717) is 45.8 Å². The molecule has 1 unspecified atom stereocenters. The fourth-order valence-corrected chi connectivity index (χ4v) is 3.24. The summed E-state index contributed by atoms with van der Waals surface area (Å²) in [5.74, 6) is -0.948. The SMILES string of the molecule is Cl.O=C(CC1COCCN1)N1CCN(C(=O)c2ccc(Cl)cc2F)CC1. The molecule has 1 aromatic carbocycles. The molecule has 0 aromatic heterocycles. The van der Waals surface area contributed by atoms with Gasteiger partial charge < -0.3 is 19.9 Å². The smallest absolute Gasteiger partial charge is 0.256 e. The van der Waals surface area contributed by atoms with Gasteiger partial charge in [0.15, 0.2) is 0 Å². The standard InChI is InChI=1S/C17H21ClFN3O3.ClH/c18-12-1-2-14(15(19)9-12)17(24)22-6-4-21(5-7-22)16(23)10-13-11-25-8-3-20-13;/h1-2,9,13,20H,3-8,10-11H2;1H. The van der Waals surface area contributed by atoms with Crippen molar-refractivity contribution in [2.75, 3.05) is 45.9 Å². The molecular formula is C17H22Cl2FN3O3. The van der Waals surface area contributed by atoms with E-state index in [9.17, 15) is 14.0 Å². The fraction of sp³-hybridized carbons (Fsp3) is 0.529. The van der Waals surface area contributed by atoms with Crippen LogP contribution in [0.4, 0.5) is 4.39 Å². The summed E-state index contributed by atoms with van der Waals surface area (Å²) in [6, 6.07) is 4.07. The number of ether oxygens (including phenoxy) is 1. The van der Waals surface area contributed by atoms with Crippen LogP contribution in [0, 0.1) is 5.82 Å². The van der Waals surface area contributed by atoms with Crippen molar-refractivity contribution < 1.29 is 18.7 Å². The van der Waals surface area contributed by atoms with Crippen LogP contribution < -0.4 is 5.32 Å². The van der Waals surface area contributed by atoms with E-state index in [1.807, 2.05) is 0 Å². The summed E-state index contributed by atoms with van der Waals surface area (Å²) in [7, 11) is 0. The summed E-state index contributed by atoms with van der Waals surface area (Å²) in [5, 5.41) is 3.51. The zero-order chi connectivity index (χ0) is 17.8. The van der Waals surface area contributed by atoms with Crippen molar-refractivity contribution in [2.45, 2.75) is 12.5 Å². The third kappa shape index (κ3) is 5.07. The lowest BCUT2D eigenvalue weighted by Gasteiger charge is -2.36. The Bertz CT molecular complexity index is 648. The fourth-order valence-electron chi connectivity index (χ4n) is 3.08. The van der Waals surface area contributed by atoms with E-state index in [0.717, 1.165) is 12.6 Å². The monoisotopic (exact) mass is 405 g/mol. The Morgan fingerprint density at radius 3 is 2.54 bits per heavy atom. The number of nitrogens with one attached hydrogen (secondary N) is 1. The summed E-state index contributed by atoms with van der Waals surface area (Å²) in [6.07, 6.45) is 0.389. The minimum atomic E-state index is -0.626. The molecule has 2 amide bonds. The number of piperazine rings is 1. The van der Waals surface area contributed by atoms with E-state index in [4.69, 9.17) is 16.3 Å². The molecule has 2 fully saturated rings. The Labute approximate surface area is 163 Å². The lowest BCUT2D eigenvalue weighted by atomic mass is 10.1. The van der Waals surface area contributed by atoms with Gasteiger partial charge in [-0.2, -0.15) is 0 Å². The van der Waals surface area contributed by atoms with Gasteiger partial charge in [-0.3, -0.25) is 9.59 Å². The van der Waals surface area contributed by atoms with E-state index in [-0.39, 0.29) is 40.8 Å². The summed E-state index contributed by atoms with van der Waals surface area (Å²) >= 11 is 5.72. The molecule has 2 aliphatic heterocycles. The van der Waals surface area contributed by atoms with E-state index in [1.54, 1.807) is 9.80 Å². The lowest BCUT2D eigenvalue weighted by Crippen LogP contribution is -2.52. The van der Waals surface area contributed by atoms with Gasteiger partial charge in [0, 0.05) is 50.2 Å². The van der Waals surface area contributed by atoms with Crippen LogP contribution in [0.25, 0.3) is 0 Å². The molecule has 0 spiro atoms. The average molecular weight is 406 g/mol. The van der Waals surface area contributed by atoms with E-state index in [2.05, 4.69) is 5.32 Å². The molecule has 144 valence electrons. The first-order valence-electron chi connectivity index (χ1n) is 8.38. The predicted molar refractivity (Wildman–Crippen MR) is 98.4 cm³/mol. The zero-order valence-electron chi connectivity index (χ0n) is 14.2. The van der Waals surface area contributed by atoms with Crippen molar-refractivity contribution in [3.63, 3.8) is 0 Å². The number of carbonyl (C=O) groups is 2. The Kier molecular flexibility index (Phi) is 7.64. The topological polar surface area (TPSA) is 61.9 Å². The molecule has 0 bridgehead atoms. The summed E-state index contributed by atoms with van der Waals surface area (Å²) in [4.78, 5) is 28.1. The van der Waals surface area contributed by atoms with Crippen LogP contribution in [0.2, 0.25) is 5.02 Å². The van der Waals surface area contributed by atoms with Crippen molar-refractivity contribution in [1.29, 1.82) is 0 Å². The van der Waals surface area contributed by atoms with Gasteiger partial charge in [0.1, 0.15) is 5.82 Å². The molecule has 0 radical (unpaired) electrons. The van der Waals surface area contributed by atoms with E-state index < -0.39 is 5.82 Å². The molecule has 1 N–H and O–H groups in total. The molecule has 0 saturated carbocycles. The average Bonchev–Trinajstić information content (AvgIpc) is 2.62. The highest BCUT2D eigenvalue weighted by atomic mass is 35.5. The van der Waals surface area contributed by atoms with Gasteiger partial charge in [-0.15, -0.1) is 12.4 Å². The van der Waals surface area contributed by atoms with Gasteiger partial charge >= 0.3 is 0 Å². The maximum atomic E-state index is 13.9. The number of hydrogen-bond donors (Lipinski definition) is 1. The van der Waals surface area contributed by atoms with Gasteiger partial charge in [0.25, 0.3) is 5.91 Å². The second kappa shape index (κ2) is 9.50. The molecule has 1 aromatic rings. The third-order valence-electron chi connectivity index (χ3n) is 4.50. The Morgan fingerprint density at radius 1 is 1.23 bits per heavy atom. The minimum absolute atomic E-state index is 0. The molecular weight excluding hydrogens is 384 g/mol. The van der Waals surface area contributed by atoms with Crippen LogP contribution in [-0.2, 0) is 9.53 Å². The first kappa shape index (κ1) is 20.9. The molecule has 1 atom stereocenters. The minimum Gasteiger partial charge on any atom is -0.378 e. The molecule has 6 nitrogen and oxygen atoms in total. The van der Waals surface area contributed by atoms with Gasteiger partial charge in [-0.25, -0.2) is 4.39 Å². The summed E-state index contributed by atoms with van der Waals surface area (Å²) in [5.41, 5.74) is 0.00716. The Balaban J connectivity index is 0.00000243. The largest absolute Gasteiger partial charge is 0.378 e. The van der Waals surface area contributed by atoms with Gasteiger partial charge in [-0.1, -0.05) is 11.6 Å². The second-order valence-corrected chi connectivity index (χ2v) is 6.66. The third-order valence-corrected chi connectivity index (χ3v) is 4.74. The zero-order valence-corrected chi connectivity index (χ0v) is 15.8. The molecule has 2 heterocycles. The van der Waals surface area contributed by atoms with E-state index in [1.165, 1.54) is 12.1 Å². The maximum Gasteiger partial charge on any atom is 0.256 e. The summed E-state index contributed by atoms with van der Waals surface area (Å²) in [6.45, 7) is 3.66. The van der Waals surface area contributed by atoms with Gasteiger partial charge in [-0.05, 0) is 18.2 Å². The normalized spacial score (nSPS) is 20.5. The highest BCUT2D eigenvalue weighted by Gasteiger charge is 2.27. The van der Waals surface area contributed by atoms with Crippen molar-refractivity contribution in [1.82, 2.24) is 15.1 Å². The first-order valence-corrected chi connectivity index (χ1v) is 8.75. The number of benzene rings is 1. The predicted octanol–water partition coefficient (Wildman–Crippen LogP) is 1.56. The number of carbonyl (C=O) groups excluding carboxylic acids is 2. The maximum absolute atomic E-state index is 13.9. The molecule has 2 aliphatic rings. The molecule has 3 rings (SSSR count). The van der Waals surface area contributed by atoms with Crippen LogP contribution in [0.5, 0.6) is 0 Å². The number of nitrogens with zero attached hydrogens (tertiary/aromatic N) is 2. The molecule has 2 saturated heterocycles. The van der Waals surface area contributed by atoms with Crippen molar-refractivity contribution in [3.8, 4) is 0 Å². The van der Waals surface area contributed by atoms with E-state index >= 15 is 0 Å². The number of morpholine rings is 1. The number of halogens is 3. The van der Waals surface area contributed by atoms with Crippen LogP contribution in [0.1, 0.15) is 16.8 Å². The number of amides is 2. The lowest BCUT2D eigenvalue weighted by molar-refractivity contribution is -0.133. The van der Waals surface area contributed by atoms with Crippen LogP contribution in [-0.4, -0.2) is 73.6 Å². The number of rotatable bonds is 3. The molecule has 26 heavy (non-hydrogen) atoms. The highest BCUT2D eigenvalue weighted by molar-refractivity contribution is 6.30. The summed E-state index contributed by atoms with van der Waals surface area (Å²) < 4.78 is 19.3.